The third kappa shape index (κ3) is 3.49. The number of nitrogens with one attached hydrogen (secondary N) is 2. The smallest absolute Gasteiger partial charge is 0.253 e. The lowest BCUT2D eigenvalue weighted by molar-refractivity contribution is 0.0682. The van der Waals surface area contributed by atoms with Crippen LogP contribution in [0.5, 0.6) is 0 Å². The Bertz CT molecular complexity index is 738. The van der Waals surface area contributed by atoms with Gasteiger partial charge in [0.05, 0.1) is 6.20 Å². The minimum absolute atomic E-state index is 0.0779. The summed E-state index contributed by atoms with van der Waals surface area (Å²) in [7, 11) is 1.93. The Balaban J connectivity index is 1.47. The highest BCUT2D eigenvalue weighted by Gasteiger charge is 2.36. The third-order valence-corrected chi connectivity index (χ3v) is 5.26. The molecule has 2 aliphatic rings. The molecule has 0 radical (unpaired) electrons. The van der Waals surface area contributed by atoms with Gasteiger partial charge in [0, 0.05) is 48.8 Å². The van der Waals surface area contributed by atoms with Crippen molar-refractivity contribution in [3.63, 3.8) is 0 Å². The molecule has 2 N–H and O–H groups in total. The van der Waals surface area contributed by atoms with Crippen LogP contribution in [0, 0.1) is 0 Å². The lowest BCUT2D eigenvalue weighted by atomic mass is 9.98. The molecule has 6 nitrogen and oxygen atoms in total. The van der Waals surface area contributed by atoms with Crippen LogP contribution in [0.3, 0.4) is 0 Å². The van der Waals surface area contributed by atoms with Crippen molar-refractivity contribution in [3.8, 4) is 0 Å². The summed E-state index contributed by atoms with van der Waals surface area (Å²) in [6, 6.07) is 9.04. The van der Waals surface area contributed by atoms with Gasteiger partial charge in [-0.1, -0.05) is 6.07 Å². The molecule has 1 aromatic heterocycles. The normalized spacial score (nSPS) is 24.8. The highest BCUT2D eigenvalue weighted by molar-refractivity contribution is 5.95. The first-order chi connectivity index (χ1) is 12.2. The standard InChI is InChI=1S/C19H23N5O/c1-24(17-10-15-5-6-16(11-17)22-15)19(25)13-3-2-4-14(9-13)23-18-12-20-7-8-21-18/h2-4,7-9,12,15-17,22H,5-6,10-11H2,1H3,(H,21,23). The number of nitrogens with zero attached hydrogens (tertiary/aromatic N) is 3. The fraction of sp³-hybridized carbons (Fsp3) is 0.421. The molecule has 2 fully saturated rings. The maximum Gasteiger partial charge on any atom is 0.253 e. The van der Waals surface area contributed by atoms with Crippen molar-refractivity contribution < 1.29 is 4.79 Å². The van der Waals surface area contributed by atoms with Crippen molar-refractivity contribution in [1.82, 2.24) is 20.2 Å². The van der Waals surface area contributed by atoms with Crippen LogP contribution in [0.25, 0.3) is 0 Å². The van der Waals surface area contributed by atoms with Gasteiger partial charge in [0.1, 0.15) is 5.82 Å². The number of amides is 1. The monoisotopic (exact) mass is 337 g/mol. The van der Waals surface area contributed by atoms with Crippen molar-refractivity contribution in [1.29, 1.82) is 0 Å². The molecule has 0 saturated carbocycles. The molecule has 2 aliphatic heterocycles. The maximum absolute atomic E-state index is 12.9. The van der Waals surface area contributed by atoms with Gasteiger partial charge < -0.3 is 15.5 Å². The van der Waals surface area contributed by atoms with E-state index in [2.05, 4.69) is 20.6 Å². The number of benzene rings is 1. The Morgan fingerprint density at radius 1 is 1.24 bits per heavy atom. The Kier molecular flexibility index (Phi) is 4.36. The second-order valence-corrected chi connectivity index (χ2v) is 6.98. The topological polar surface area (TPSA) is 70.2 Å². The zero-order valence-electron chi connectivity index (χ0n) is 14.4. The number of carbonyl (C=O) groups is 1. The van der Waals surface area contributed by atoms with Crippen LogP contribution in [-0.4, -0.2) is 45.9 Å². The van der Waals surface area contributed by atoms with Crippen molar-refractivity contribution >= 4 is 17.4 Å². The summed E-state index contributed by atoms with van der Waals surface area (Å²) < 4.78 is 0. The quantitative estimate of drug-likeness (QED) is 0.897. The summed E-state index contributed by atoms with van der Waals surface area (Å²) >= 11 is 0. The van der Waals surface area contributed by atoms with Crippen molar-refractivity contribution in [2.24, 2.45) is 0 Å². The van der Waals surface area contributed by atoms with Gasteiger partial charge >= 0.3 is 0 Å². The zero-order chi connectivity index (χ0) is 17.2. The van der Waals surface area contributed by atoms with Gasteiger partial charge in [-0.3, -0.25) is 9.78 Å². The lowest BCUT2D eigenvalue weighted by Gasteiger charge is -2.35. The first kappa shape index (κ1) is 16.0. The molecule has 2 aromatic rings. The largest absolute Gasteiger partial charge is 0.339 e. The molecular formula is C19H23N5O. The second kappa shape index (κ2) is 6.80. The van der Waals surface area contributed by atoms with E-state index in [9.17, 15) is 4.79 Å². The summed E-state index contributed by atoms with van der Waals surface area (Å²) in [4.78, 5) is 23.1. The van der Waals surface area contributed by atoms with Crippen LogP contribution in [0.2, 0.25) is 0 Å². The molecule has 25 heavy (non-hydrogen) atoms. The van der Waals surface area contributed by atoms with E-state index in [-0.39, 0.29) is 5.91 Å². The van der Waals surface area contributed by atoms with E-state index in [0.29, 0.717) is 29.5 Å². The van der Waals surface area contributed by atoms with E-state index in [4.69, 9.17) is 0 Å². The Labute approximate surface area is 147 Å². The minimum Gasteiger partial charge on any atom is -0.339 e. The molecule has 130 valence electrons. The summed E-state index contributed by atoms with van der Waals surface area (Å²) in [6.07, 6.45) is 9.50. The van der Waals surface area contributed by atoms with Gasteiger partial charge in [0.2, 0.25) is 0 Å². The number of carbonyl (C=O) groups excluding carboxylic acids is 1. The summed E-state index contributed by atoms with van der Waals surface area (Å²) in [5.74, 6) is 0.740. The molecule has 2 saturated heterocycles. The van der Waals surface area contributed by atoms with E-state index < -0.39 is 0 Å². The van der Waals surface area contributed by atoms with Gasteiger partial charge in [0.25, 0.3) is 5.91 Å². The number of hydrogen-bond acceptors (Lipinski definition) is 5. The number of aromatic nitrogens is 2. The first-order valence-electron chi connectivity index (χ1n) is 8.85. The SMILES string of the molecule is CN(C(=O)c1cccc(Nc2cnccn2)c1)C1CC2CCC(C1)N2. The van der Waals surface area contributed by atoms with Crippen molar-refractivity contribution in [2.45, 2.75) is 43.8 Å². The molecule has 2 atom stereocenters. The first-order valence-corrected chi connectivity index (χ1v) is 8.85. The van der Waals surface area contributed by atoms with E-state index in [0.717, 1.165) is 18.5 Å². The molecule has 0 aliphatic carbocycles. The van der Waals surface area contributed by atoms with Crippen LogP contribution >= 0.6 is 0 Å². The Morgan fingerprint density at radius 2 is 2.04 bits per heavy atom. The zero-order valence-corrected chi connectivity index (χ0v) is 14.4. The molecule has 2 bridgehead atoms. The third-order valence-electron chi connectivity index (χ3n) is 5.26. The average molecular weight is 337 g/mol. The predicted octanol–water partition coefficient (Wildman–Crippen LogP) is 2.58. The van der Waals surface area contributed by atoms with Gasteiger partial charge in [-0.2, -0.15) is 0 Å². The number of fused-ring (bicyclic) bond motifs is 2. The summed E-state index contributed by atoms with van der Waals surface area (Å²) in [5.41, 5.74) is 1.53. The molecule has 0 spiro atoms. The fourth-order valence-electron chi connectivity index (χ4n) is 3.95. The van der Waals surface area contributed by atoms with Gasteiger partial charge in [-0.05, 0) is 43.9 Å². The number of anilines is 2. The summed E-state index contributed by atoms with van der Waals surface area (Å²) in [5, 5.41) is 6.82. The molecule has 6 heteroatoms. The molecule has 3 heterocycles. The highest BCUT2D eigenvalue weighted by atomic mass is 16.2. The van der Waals surface area contributed by atoms with Gasteiger partial charge in [0.15, 0.2) is 0 Å². The second-order valence-electron chi connectivity index (χ2n) is 6.98. The van der Waals surface area contributed by atoms with E-state index >= 15 is 0 Å². The highest BCUT2D eigenvalue weighted by Crippen LogP contribution is 2.30. The number of hydrogen-bond donors (Lipinski definition) is 2. The Morgan fingerprint density at radius 3 is 2.76 bits per heavy atom. The van der Waals surface area contributed by atoms with Crippen LogP contribution < -0.4 is 10.6 Å². The van der Waals surface area contributed by atoms with Crippen molar-refractivity contribution in [2.75, 3.05) is 12.4 Å². The van der Waals surface area contributed by atoms with E-state index in [1.807, 2.05) is 36.2 Å². The maximum atomic E-state index is 12.9. The average Bonchev–Trinajstić information content (AvgIpc) is 2.99. The lowest BCUT2D eigenvalue weighted by Crippen LogP contribution is -2.48. The van der Waals surface area contributed by atoms with Crippen molar-refractivity contribution in [3.05, 3.63) is 48.4 Å². The molecular weight excluding hydrogens is 314 g/mol. The fourth-order valence-corrected chi connectivity index (χ4v) is 3.95. The molecule has 1 amide bonds. The molecule has 4 rings (SSSR count). The number of piperidine rings is 1. The van der Waals surface area contributed by atoms with E-state index in [1.165, 1.54) is 12.8 Å². The van der Waals surface area contributed by atoms with Crippen LogP contribution in [-0.2, 0) is 0 Å². The van der Waals surface area contributed by atoms with Crippen LogP contribution in [0.4, 0.5) is 11.5 Å². The summed E-state index contributed by atoms with van der Waals surface area (Å²) in [6.45, 7) is 0. The van der Waals surface area contributed by atoms with Gasteiger partial charge in [-0.15, -0.1) is 0 Å². The van der Waals surface area contributed by atoms with E-state index in [1.54, 1.807) is 18.6 Å². The Hall–Kier alpha value is -2.47. The molecule has 2 unspecified atom stereocenters. The molecule has 1 aromatic carbocycles. The minimum atomic E-state index is 0.0779. The van der Waals surface area contributed by atoms with Crippen LogP contribution in [0.15, 0.2) is 42.9 Å². The van der Waals surface area contributed by atoms with Crippen LogP contribution in [0.1, 0.15) is 36.0 Å². The number of rotatable bonds is 4. The van der Waals surface area contributed by atoms with Gasteiger partial charge in [-0.25, -0.2) is 4.98 Å². The predicted molar refractivity (Wildman–Crippen MR) is 96.8 cm³/mol.